The van der Waals surface area contributed by atoms with Crippen LogP contribution in [-0.4, -0.2) is 51.5 Å². The Balaban J connectivity index is 1.23. The van der Waals surface area contributed by atoms with Gasteiger partial charge in [-0.2, -0.15) is 0 Å². The van der Waals surface area contributed by atoms with E-state index < -0.39 is 0 Å². The van der Waals surface area contributed by atoms with E-state index in [1.807, 2.05) is 31.2 Å². The number of aromatic nitrogens is 4. The molecule has 3 heterocycles. The third-order valence-corrected chi connectivity index (χ3v) is 6.69. The molecule has 0 unspecified atom stereocenters. The molecule has 7 nitrogen and oxygen atoms in total. The fourth-order valence-corrected chi connectivity index (χ4v) is 4.90. The zero-order valence-electron chi connectivity index (χ0n) is 16.5. The Morgan fingerprint density at radius 3 is 2.66 bits per heavy atom. The summed E-state index contributed by atoms with van der Waals surface area (Å²) >= 11 is 3.11. The van der Waals surface area contributed by atoms with Crippen molar-refractivity contribution in [1.29, 1.82) is 0 Å². The fraction of sp³-hybridized carbons (Fsp3) is 0.500. The molecular weight excluding hydrogens is 406 g/mol. The van der Waals surface area contributed by atoms with Gasteiger partial charge in [0.05, 0.1) is 12.4 Å². The van der Waals surface area contributed by atoms with Crippen LogP contribution in [-0.2, 0) is 5.75 Å². The van der Waals surface area contributed by atoms with Gasteiger partial charge in [0.1, 0.15) is 10.8 Å². The first-order valence-corrected chi connectivity index (χ1v) is 11.8. The predicted octanol–water partition coefficient (Wildman–Crippen LogP) is 4.44. The lowest BCUT2D eigenvalue weighted by atomic mass is 10.1. The zero-order chi connectivity index (χ0) is 19.9. The number of hydrogen-bond donors (Lipinski definition) is 0. The van der Waals surface area contributed by atoms with E-state index in [0.717, 1.165) is 40.2 Å². The van der Waals surface area contributed by atoms with E-state index in [1.165, 1.54) is 32.4 Å². The molecule has 0 aliphatic carbocycles. The second kappa shape index (κ2) is 10.2. The number of rotatable bonds is 9. The van der Waals surface area contributed by atoms with Gasteiger partial charge in [-0.05, 0) is 63.5 Å². The van der Waals surface area contributed by atoms with E-state index in [-0.39, 0.29) is 0 Å². The zero-order valence-corrected chi connectivity index (χ0v) is 18.2. The van der Waals surface area contributed by atoms with Gasteiger partial charge in [-0.3, -0.25) is 0 Å². The highest BCUT2D eigenvalue weighted by molar-refractivity contribution is 8.00. The summed E-state index contributed by atoms with van der Waals surface area (Å²) < 4.78 is 12.6. The molecule has 154 valence electrons. The van der Waals surface area contributed by atoms with Crippen LogP contribution in [0.25, 0.3) is 11.5 Å². The molecule has 9 heteroatoms. The summed E-state index contributed by atoms with van der Waals surface area (Å²) in [7, 11) is 0. The average molecular weight is 432 g/mol. The summed E-state index contributed by atoms with van der Waals surface area (Å²) in [6, 6.07) is 7.83. The standard InChI is InChI=1S/C20H25N5O2S2/c1-15-21-24-20(29-15)28-14-18-22-23-19(27-18)16-6-8-17(9-7-16)26-13-5-12-25-10-3-2-4-11-25/h6-9H,2-5,10-14H2,1H3. The van der Waals surface area contributed by atoms with Crippen molar-refractivity contribution in [2.75, 3.05) is 26.2 Å². The maximum absolute atomic E-state index is 5.87. The van der Waals surface area contributed by atoms with Crippen molar-refractivity contribution in [2.45, 2.75) is 42.7 Å². The summed E-state index contributed by atoms with van der Waals surface area (Å²) in [6.07, 6.45) is 5.10. The van der Waals surface area contributed by atoms with Crippen LogP contribution < -0.4 is 4.74 Å². The smallest absolute Gasteiger partial charge is 0.247 e. The van der Waals surface area contributed by atoms with E-state index in [9.17, 15) is 0 Å². The number of likely N-dealkylation sites (tertiary alicyclic amines) is 1. The van der Waals surface area contributed by atoms with Crippen LogP contribution in [0.5, 0.6) is 5.75 Å². The van der Waals surface area contributed by atoms with E-state index >= 15 is 0 Å². The van der Waals surface area contributed by atoms with Gasteiger partial charge in [0.15, 0.2) is 4.34 Å². The minimum Gasteiger partial charge on any atom is -0.494 e. The maximum Gasteiger partial charge on any atom is 0.247 e. The van der Waals surface area contributed by atoms with Gasteiger partial charge >= 0.3 is 0 Å². The molecule has 1 saturated heterocycles. The van der Waals surface area contributed by atoms with Crippen LogP contribution in [0.15, 0.2) is 33.0 Å². The van der Waals surface area contributed by atoms with Gasteiger partial charge in [-0.15, -0.1) is 20.4 Å². The van der Waals surface area contributed by atoms with Crippen LogP contribution in [0.3, 0.4) is 0 Å². The number of piperidine rings is 1. The summed E-state index contributed by atoms with van der Waals surface area (Å²) in [6.45, 7) is 6.27. The third-order valence-electron chi connectivity index (χ3n) is 4.73. The van der Waals surface area contributed by atoms with Crippen molar-refractivity contribution in [1.82, 2.24) is 25.3 Å². The molecule has 4 rings (SSSR count). The summed E-state index contributed by atoms with van der Waals surface area (Å²) in [5.41, 5.74) is 0.890. The van der Waals surface area contributed by atoms with Gasteiger partial charge in [-0.25, -0.2) is 0 Å². The van der Waals surface area contributed by atoms with Crippen LogP contribution >= 0.6 is 23.1 Å². The number of benzene rings is 1. The molecule has 1 aliphatic rings. The van der Waals surface area contributed by atoms with Gasteiger partial charge in [0, 0.05) is 12.1 Å². The lowest BCUT2D eigenvalue weighted by Crippen LogP contribution is -2.31. The van der Waals surface area contributed by atoms with Crippen LogP contribution in [0, 0.1) is 6.92 Å². The van der Waals surface area contributed by atoms with Gasteiger partial charge < -0.3 is 14.1 Å². The number of ether oxygens (including phenoxy) is 1. The largest absolute Gasteiger partial charge is 0.494 e. The summed E-state index contributed by atoms with van der Waals surface area (Å²) in [5, 5.41) is 17.3. The van der Waals surface area contributed by atoms with Crippen LogP contribution in [0.4, 0.5) is 0 Å². The summed E-state index contributed by atoms with van der Waals surface area (Å²) in [4.78, 5) is 2.54. The Morgan fingerprint density at radius 2 is 1.90 bits per heavy atom. The molecule has 1 aliphatic heterocycles. The molecule has 3 aromatic rings. The Kier molecular flexibility index (Phi) is 7.13. The number of thioether (sulfide) groups is 1. The normalized spacial score (nSPS) is 14.9. The Bertz CT molecular complexity index is 890. The number of nitrogens with zero attached hydrogens (tertiary/aromatic N) is 5. The maximum atomic E-state index is 5.87. The van der Waals surface area contributed by atoms with Crippen LogP contribution in [0.1, 0.15) is 36.6 Å². The first-order chi connectivity index (χ1) is 14.3. The fourth-order valence-electron chi connectivity index (χ4n) is 3.24. The van der Waals surface area contributed by atoms with Crippen molar-refractivity contribution < 1.29 is 9.15 Å². The van der Waals surface area contributed by atoms with E-state index in [1.54, 1.807) is 23.1 Å². The predicted molar refractivity (Wildman–Crippen MR) is 114 cm³/mol. The van der Waals surface area contributed by atoms with E-state index in [4.69, 9.17) is 9.15 Å². The van der Waals surface area contributed by atoms with E-state index in [0.29, 0.717) is 17.5 Å². The van der Waals surface area contributed by atoms with Gasteiger partial charge in [0.25, 0.3) is 0 Å². The SMILES string of the molecule is Cc1nnc(SCc2nnc(-c3ccc(OCCCN4CCCCC4)cc3)o2)s1. The summed E-state index contributed by atoms with van der Waals surface area (Å²) in [5.74, 6) is 2.55. The van der Waals surface area contributed by atoms with Gasteiger partial charge in [-0.1, -0.05) is 29.5 Å². The van der Waals surface area contributed by atoms with Crippen molar-refractivity contribution in [3.05, 3.63) is 35.2 Å². The highest BCUT2D eigenvalue weighted by Gasteiger charge is 2.11. The molecule has 0 N–H and O–H groups in total. The first kappa shape index (κ1) is 20.3. The quantitative estimate of drug-likeness (QED) is 0.363. The molecule has 1 aromatic carbocycles. The Hall–Kier alpha value is -1.97. The highest BCUT2D eigenvalue weighted by atomic mass is 32.2. The molecule has 0 bridgehead atoms. The molecule has 29 heavy (non-hydrogen) atoms. The second-order valence-electron chi connectivity index (χ2n) is 7.01. The van der Waals surface area contributed by atoms with E-state index in [2.05, 4.69) is 25.3 Å². The average Bonchev–Trinajstić information content (AvgIpc) is 3.40. The lowest BCUT2D eigenvalue weighted by Gasteiger charge is -2.26. The van der Waals surface area contributed by atoms with Gasteiger partial charge in [0.2, 0.25) is 11.8 Å². The van der Waals surface area contributed by atoms with Crippen molar-refractivity contribution in [2.24, 2.45) is 0 Å². The topological polar surface area (TPSA) is 77.2 Å². The minimum atomic E-state index is 0.519. The first-order valence-electron chi connectivity index (χ1n) is 9.97. The Morgan fingerprint density at radius 1 is 1.07 bits per heavy atom. The lowest BCUT2D eigenvalue weighted by molar-refractivity contribution is 0.205. The van der Waals surface area contributed by atoms with Crippen molar-refractivity contribution in [3.63, 3.8) is 0 Å². The molecule has 2 aromatic heterocycles. The van der Waals surface area contributed by atoms with Crippen molar-refractivity contribution >= 4 is 23.1 Å². The molecule has 1 fully saturated rings. The second-order valence-corrected chi connectivity index (χ2v) is 9.41. The molecule has 0 atom stereocenters. The minimum absolute atomic E-state index is 0.519. The molecule has 0 spiro atoms. The van der Waals surface area contributed by atoms with Crippen LogP contribution in [0.2, 0.25) is 0 Å². The Labute approximate surface area is 178 Å². The number of aryl methyl sites for hydroxylation is 1. The molecular formula is C20H25N5O2S2. The number of hydrogen-bond acceptors (Lipinski definition) is 9. The monoisotopic (exact) mass is 431 g/mol. The molecule has 0 saturated carbocycles. The molecule has 0 radical (unpaired) electrons. The third kappa shape index (κ3) is 6.01. The molecule has 0 amide bonds. The van der Waals surface area contributed by atoms with Crippen molar-refractivity contribution in [3.8, 4) is 17.2 Å². The highest BCUT2D eigenvalue weighted by Crippen LogP contribution is 2.27.